The second-order valence-electron chi connectivity index (χ2n) is 6.09. The lowest BCUT2D eigenvalue weighted by Crippen LogP contribution is -2.04. The van der Waals surface area contributed by atoms with Crippen molar-refractivity contribution in [3.8, 4) is 11.3 Å². The van der Waals surface area contributed by atoms with Crippen molar-refractivity contribution in [2.24, 2.45) is 4.99 Å². The van der Waals surface area contributed by atoms with E-state index >= 15 is 0 Å². The summed E-state index contributed by atoms with van der Waals surface area (Å²) in [5.41, 5.74) is 1.72. The molecule has 0 bridgehead atoms. The summed E-state index contributed by atoms with van der Waals surface area (Å²) < 4.78 is 15.7. The number of furan rings is 1. The zero-order valence-corrected chi connectivity index (χ0v) is 16.0. The number of ether oxygens (including phenoxy) is 2. The van der Waals surface area contributed by atoms with Crippen LogP contribution in [0.2, 0.25) is 5.02 Å². The summed E-state index contributed by atoms with van der Waals surface area (Å²) in [6, 6.07) is 17.5. The van der Waals surface area contributed by atoms with E-state index in [-0.39, 0.29) is 22.2 Å². The van der Waals surface area contributed by atoms with E-state index in [9.17, 15) is 9.59 Å². The van der Waals surface area contributed by atoms with Crippen LogP contribution in [0.3, 0.4) is 0 Å². The number of carbonyl (C=O) groups excluding carboxylic acids is 2. The molecule has 6 nitrogen and oxygen atoms in total. The molecule has 2 heterocycles. The van der Waals surface area contributed by atoms with Crippen LogP contribution in [-0.2, 0) is 14.3 Å². The molecular weight excluding hydrogens is 394 g/mol. The highest BCUT2D eigenvalue weighted by Crippen LogP contribution is 2.28. The Labute approximate surface area is 171 Å². The third kappa shape index (κ3) is 3.83. The van der Waals surface area contributed by atoms with Crippen LogP contribution in [0.25, 0.3) is 17.4 Å². The predicted molar refractivity (Wildman–Crippen MR) is 108 cm³/mol. The number of carbonyl (C=O) groups is 2. The third-order valence-corrected chi connectivity index (χ3v) is 4.53. The van der Waals surface area contributed by atoms with Crippen LogP contribution < -0.4 is 0 Å². The van der Waals surface area contributed by atoms with Gasteiger partial charge in [0, 0.05) is 17.2 Å². The molecule has 0 aliphatic carbocycles. The van der Waals surface area contributed by atoms with E-state index in [0.29, 0.717) is 22.6 Å². The Morgan fingerprint density at radius 2 is 1.86 bits per heavy atom. The van der Waals surface area contributed by atoms with Gasteiger partial charge in [0.15, 0.2) is 5.70 Å². The van der Waals surface area contributed by atoms with Crippen LogP contribution in [0.1, 0.15) is 21.7 Å². The molecule has 0 saturated carbocycles. The van der Waals surface area contributed by atoms with Gasteiger partial charge < -0.3 is 13.9 Å². The maximum atomic E-state index is 12.1. The number of rotatable bonds is 4. The van der Waals surface area contributed by atoms with Crippen molar-refractivity contribution in [2.75, 3.05) is 7.11 Å². The Hall–Kier alpha value is -3.64. The minimum atomic E-state index is -0.554. The first kappa shape index (κ1) is 18.7. The smallest absolute Gasteiger partial charge is 0.363 e. The van der Waals surface area contributed by atoms with Crippen LogP contribution in [-0.4, -0.2) is 24.9 Å². The normalized spacial score (nSPS) is 14.6. The second kappa shape index (κ2) is 7.77. The van der Waals surface area contributed by atoms with E-state index < -0.39 is 11.9 Å². The summed E-state index contributed by atoms with van der Waals surface area (Å²) in [4.78, 5) is 28.2. The first-order chi connectivity index (χ1) is 14.0. The van der Waals surface area contributed by atoms with Gasteiger partial charge in [-0.15, -0.1) is 0 Å². The Morgan fingerprint density at radius 3 is 2.62 bits per heavy atom. The lowest BCUT2D eigenvalue weighted by molar-refractivity contribution is -0.129. The van der Waals surface area contributed by atoms with E-state index in [1.807, 2.05) is 18.2 Å². The molecule has 1 aliphatic rings. The number of nitrogens with zero attached hydrogens (tertiary/aromatic N) is 1. The average molecular weight is 408 g/mol. The van der Waals surface area contributed by atoms with Gasteiger partial charge in [0.05, 0.1) is 17.7 Å². The first-order valence-corrected chi connectivity index (χ1v) is 8.99. The van der Waals surface area contributed by atoms with E-state index in [1.165, 1.54) is 13.2 Å². The van der Waals surface area contributed by atoms with Gasteiger partial charge in [-0.25, -0.2) is 14.6 Å². The quantitative estimate of drug-likeness (QED) is 0.461. The number of cyclic esters (lactones) is 1. The maximum Gasteiger partial charge on any atom is 0.363 e. The molecule has 29 heavy (non-hydrogen) atoms. The van der Waals surface area contributed by atoms with Gasteiger partial charge in [-0.2, -0.15) is 0 Å². The number of hydrogen-bond donors (Lipinski definition) is 0. The molecule has 0 atom stereocenters. The molecule has 0 fully saturated rings. The Balaban J connectivity index is 1.62. The summed E-state index contributed by atoms with van der Waals surface area (Å²) in [6.07, 6.45) is 1.50. The van der Waals surface area contributed by atoms with Gasteiger partial charge in [0.25, 0.3) is 0 Å². The molecule has 0 amide bonds. The number of halogens is 1. The van der Waals surface area contributed by atoms with Crippen molar-refractivity contribution >= 4 is 35.5 Å². The fourth-order valence-corrected chi connectivity index (χ4v) is 2.97. The maximum absolute atomic E-state index is 12.1. The highest BCUT2D eigenvalue weighted by molar-refractivity contribution is 6.33. The first-order valence-electron chi connectivity index (χ1n) is 8.61. The van der Waals surface area contributed by atoms with E-state index in [1.54, 1.807) is 42.5 Å². The number of methoxy groups -OCH3 is 1. The fourth-order valence-electron chi connectivity index (χ4n) is 2.78. The summed E-state index contributed by atoms with van der Waals surface area (Å²) in [5.74, 6) is 0.0643. The molecular formula is C22H14ClNO5. The molecule has 3 aromatic rings. The topological polar surface area (TPSA) is 78.1 Å². The lowest BCUT2D eigenvalue weighted by atomic mass is 10.1. The molecule has 0 spiro atoms. The largest absolute Gasteiger partial charge is 0.465 e. The standard InChI is InChI=1S/C22H14ClNO5/c1-27-21(25)16-11-14(7-9-17(16)23)19-10-8-15(28-19)12-18-22(26)29-20(24-18)13-5-3-2-4-6-13/h2-12H,1H3/b18-12-. The number of aliphatic imine (C=N–C) groups is 1. The number of esters is 2. The van der Waals surface area contributed by atoms with Gasteiger partial charge in [-0.1, -0.05) is 29.8 Å². The molecule has 0 unspecified atom stereocenters. The highest BCUT2D eigenvalue weighted by Gasteiger charge is 2.24. The van der Waals surface area contributed by atoms with Crippen molar-refractivity contribution in [1.29, 1.82) is 0 Å². The van der Waals surface area contributed by atoms with Gasteiger partial charge in [-0.3, -0.25) is 0 Å². The number of hydrogen-bond acceptors (Lipinski definition) is 6. The van der Waals surface area contributed by atoms with E-state index in [2.05, 4.69) is 4.99 Å². The minimum absolute atomic E-state index is 0.135. The van der Waals surface area contributed by atoms with Crippen LogP contribution in [0.5, 0.6) is 0 Å². The summed E-state index contributed by atoms with van der Waals surface area (Å²) in [5, 5.41) is 0.283. The molecule has 0 saturated heterocycles. The summed E-state index contributed by atoms with van der Waals surface area (Å²) >= 11 is 6.05. The fraction of sp³-hybridized carbons (Fsp3) is 0.0455. The molecule has 144 valence electrons. The van der Waals surface area contributed by atoms with Crippen molar-refractivity contribution in [3.63, 3.8) is 0 Å². The van der Waals surface area contributed by atoms with Gasteiger partial charge in [0.2, 0.25) is 5.90 Å². The van der Waals surface area contributed by atoms with Crippen LogP contribution in [0.15, 0.2) is 75.8 Å². The molecule has 0 radical (unpaired) electrons. The van der Waals surface area contributed by atoms with Crippen molar-refractivity contribution in [2.45, 2.75) is 0 Å². The summed E-state index contributed by atoms with van der Waals surface area (Å²) in [6.45, 7) is 0. The van der Waals surface area contributed by atoms with Crippen molar-refractivity contribution in [1.82, 2.24) is 0 Å². The van der Waals surface area contributed by atoms with Crippen LogP contribution >= 0.6 is 11.6 Å². The molecule has 0 N–H and O–H groups in total. The Bertz CT molecular complexity index is 1160. The zero-order valence-electron chi connectivity index (χ0n) is 15.2. The second-order valence-corrected chi connectivity index (χ2v) is 6.50. The van der Waals surface area contributed by atoms with Crippen molar-refractivity contribution in [3.05, 3.63) is 88.3 Å². The van der Waals surface area contributed by atoms with Gasteiger partial charge in [0.1, 0.15) is 11.5 Å². The SMILES string of the molecule is COC(=O)c1cc(-c2ccc(/C=C3\N=C(c4ccccc4)OC3=O)o2)ccc1Cl. The molecule has 2 aromatic carbocycles. The van der Waals surface area contributed by atoms with Crippen LogP contribution in [0.4, 0.5) is 0 Å². The predicted octanol–water partition coefficient (Wildman–Crippen LogP) is 4.73. The van der Waals surface area contributed by atoms with Crippen LogP contribution in [0, 0.1) is 0 Å². The number of benzene rings is 2. The van der Waals surface area contributed by atoms with E-state index in [0.717, 1.165) is 0 Å². The monoisotopic (exact) mass is 407 g/mol. The molecule has 7 heteroatoms. The zero-order chi connectivity index (χ0) is 20.4. The highest BCUT2D eigenvalue weighted by atomic mass is 35.5. The molecule has 4 rings (SSSR count). The molecule has 1 aromatic heterocycles. The average Bonchev–Trinajstić information content (AvgIpc) is 3.36. The Kier molecular flexibility index (Phi) is 5.01. The lowest BCUT2D eigenvalue weighted by Gasteiger charge is -2.04. The Morgan fingerprint density at radius 1 is 1.07 bits per heavy atom. The summed E-state index contributed by atoms with van der Waals surface area (Å²) in [7, 11) is 1.29. The van der Waals surface area contributed by atoms with E-state index in [4.69, 9.17) is 25.5 Å². The minimum Gasteiger partial charge on any atom is -0.465 e. The molecule has 1 aliphatic heterocycles. The van der Waals surface area contributed by atoms with Gasteiger partial charge >= 0.3 is 11.9 Å². The third-order valence-electron chi connectivity index (χ3n) is 4.20. The van der Waals surface area contributed by atoms with Crippen molar-refractivity contribution < 1.29 is 23.5 Å². The van der Waals surface area contributed by atoms with Gasteiger partial charge in [-0.05, 0) is 42.5 Å².